The van der Waals surface area contributed by atoms with Gasteiger partial charge < -0.3 is 35.7 Å². The predicted octanol–water partition coefficient (Wildman–Crippen LogP) is -2.51. The van der Waals surface area contributed by atoms with Gasteiger partial charge in [-0.3, -0.25) is 9.11 Å². The van der Waals surface area contributed by atoms with Gasteiger partial charge in [0.05, 0.1) is 41.9 Å². The van der Waals surface area contributed by atoms with Gasteiger partial charge in [0, 0.05) is 5.39 Å². The van der Waals surface area contributed by atoms with Crippen molar-refractivity contribution in [2.24, 2.45) is 30.7 Å². The van der Waals surface area contributed by atoms with E-state index in [0.29, 0.717) is 34.7 Å². The normalized spacial score (nSPS) is 12.0. The molecule has 310 valence electrons. The van der Waals surface area contributed by atoms with Crippen LogP contribution in [0.3, 0.4) is 0 Å². The Bertz CT molecular complexity index is 3160. The summed E-state index contributed by atoms with van der Waals surface area (Å²) in [6.07, 6.45) is 0. The Hall–Kier alpha value is -4.09. The molecule has 0 fully saturated rings. The van der Waals surface area contributed by atoms with Gasteiger partial charge in [0.2, 0.25) is 0 Å². The summed E-state index contributed by atoms with van der Waals surface area (Å²) in [6.45, 7) is 0. The summed E-state index contributed by atoms with van der Waals surface area (Å²) in [5.74, 6) is -1.14. The molecule has 0 spiro atoms. The van der Waals surface area contributed by atoms with Gasteiger partial charge in [0.25, 0.3) is 20.2 Å². The molecule has 0 aliphatic carbocycles. The number of rotatable bonds is 12. The first-order chi connectivity index (χ1) is 28.2. The van der Waals surface area contributed by atoms with Crippen molar-refractivity contribution in [1.29, 1.82) is 0 Å². The quantitative estimate of drug-likeness (QED) is 0.0426. The number of nitrogens with two attached hydrogens (primary N) is 2. The molecule has 0 saturated heterocycles. The van der Waals surface area contributed by atoms with Crippen molar-refractivity contribution >= 4 is 86.6 Å². The third kappa shape index (κ3) is 12.2. The van der Waals surface area contributed by atoms with E-state index >= 15 is 0 Å². The van der Waals surface area contributed by atoms with Crippen molar-refractivity contribution in [3.63, 3.8) is 0 Å². The molecule has 21 nitrogen and oxygen atoms in total. The first-order valence-electron chi connectivity index (χ1n) is 16.5. The van der Waals surface area contributed by atoms with Crippen LogP contribution in [0.1, 0.15) is 0 Å². The van der Waals surface area contributed by atoms with Crippen molar-refractivity contribution in [2.75, 3.05) is 25.7 Å². The molecule has 0 aromatic heterocycles. The van der Waals surface area contributed by atoms with Gasteiger partial charge in [-0.1, -0.05) is 23.9 Å². The Morgan fingerprint density at radius 3 is 1.51 bits per heavy atom. The van der Waals surface area contributed by atoms with E-state index in [9.17, 15) is 49.1 Å². The van der Waals surface area contributed by atoms with Crippen LogP contribution in [0, 0.1) is 0 Å². The van der Waals surface area contributed by atoms with Crippen LogP contribution in [0.2, 0.25) is 0 Å². The molecule has 0 aliphatic heterocycles. The fourth-order valence-electron chi connectivity index (χ4n) is 5.59. The molecular formula is C36H27N8Na3O13S3. The number of methoxy groups -OCH3 is 2. The Morgan fingerprint density at radius 1 is 0.571 bits per heavy atom. The fraction of sp³-hybridized carbons (Fsp3) is 0.0556. The average Bonchev–Trinajstić information content (AvgIpc) is 3.18. The second-order valence-corrected chi connectivity index (χ2v) is 16.4. The van der Waals surface area contributed by atoms with Crippen LogP contribution < -0.4 is 120 Å². The molecule has 6 aromatic rings. The summed E-state index contributed by atoms with van der Waals surface area (Å²) < 4.78 is 115. The van der Waals surface area contributed by atoms with E-state index in [1.807, 2.05) is 0 Å². The van der Waals surface area contributed by atoms with Crippen LogP contribution in [0.15, 0.2) is 136 Å². The summed E-state index contributed by atoms with van der Waals surface area (Å²) in [5.41, 5.74) is 11.5. The van der Waals surface area contributed by atoms with Crippen LogP contribution in [0.5, 0.6) is 23.0 Å². The van der Waals surface area contributed by atoms with E-state index < -0.39 is 78.6 Å². The van der Waals surface area contributed by atoms with Gasteiger partial charge in [-0.05, 0) is 89.3 Å². The standard InChI is InChI=1S/C36H30N8O13S3.3Na/c1-56-28-13-18(3-10-26(28)41-40-25-12-7-22(45)17-24(25)37)19-4-11-27(29(14-19)57-2)42-43-34-30(59(50,51)52)15-20-16-31(60(53,54)55)35(36(46)32(20)33(34)38)44-39-21-5-8-23(9-6-21)58(47,48)49;;;/h3-17,45-46H,37-38H2,1-2H3,(H,47,48,49)(H,50,51,52)(H,53,54,55);;;/q;3*+1/p-3. The van der Waals surface area contributed by atoms with Crippen LogP contribution in [0.4, 0.5) is 45.5 Å². The summed E-state index contributed by atoms with van der Waals surface area (Å²) in [7, 11) is -12.6. The molecule has 6 rings (SSSR count). The first kappa shape index (κ1) is 53.2. The summed E-state index contributed by atoms with van der Waals surface area (Å²) in [4.78, 5) is -2.74. The predicted molar refractivity (Wildman–Crippen MR) is 210 cm³/mol. The third-order valence-electron chi connectivity index (χ3n) is 8.46. The molecule has 0 unspecified atom stereocenters. The third-order valence-corrected chi connectivity index (χ3v) is 11.0. The minimum Gasteiger partial charge on any atom is -0.872 e. The number of ether oxygens (including phenoxy) is 2. The van der Waals surface area contributed by atoms with Crippen LogP contribution in [-0.4, -0.2) is 53.1 Å². The topological polar surface area (TPSA) is 357 Å². The number of anilines is 2. The van der Waals surface area contributed by atoms with Crippen LogP contribution in [0.25, 0.3) is 21.9 Å². The molecule has 0 aliphatic rings. The maximum absolute atomic E-state index is 13.8. The van der Waals surface area contributed by atoms with E-state index in [1.54, 1.807) is 30.3 Å². The first-order valence-corrected chi connectivity index (χ1v) is 20.8. The van der Waals surface area contributed by atoms with E-state index in [0.717, 1.165) is 24.3 Å². The van der Waals surface area contributed by atoms with E-state index in [4.69, 9.17) is 20.9 Å². The molecular weight excluding hydrogens is 918 g/mol. The maximum Gasteiger partial charge on any atom is 1.00 e. The average molecular weight is 945 g/mol. The zero-order valence-corrected chi connectivity index (χ0v) is 42.1. The van der Waals surface area contributed by atoms with E-state index in [1.165, 1.54) is 38.5 Å². The molecule has 63 heavy (non-hydrogen) atoms. The molecule has 0 amide bonds. The van der Waals surface area contributed by atoms with Crippen molar-refractivity contribution in [1.82, 2.24) is 0 Å². The molecule has 0 bridgehead atoms. The number of benzene rings is 6. The monoisotopic (exact) mass is 944 g/mol. The van der Waals surface area contributed by atoms with Crippen molar-refractivity contribution in [2.45, 2.75) is 14.7 Å². The number of hydrogen-bond acceptors (Lipinski definition) is 19. The van der Waals surface area contributed by atoms with E-state index in [-0.39, 0.29) is 123 Å². The minimum absolute atomic E-state index is 0. The summed E-state index contributed by atoms with van der Waals surface area (Å²) in [6, 6.07) is 18.7. The maximum atomic E-state index is 13.8. The van der Waals surface area contributed by atoms with Gasteiger partial charge >= 0.3 is 88.7 Å². The molecule has 0 radical (unpaired) electrons. The largest absolute Gasteiger partial charge is 1.00 e. The Labute approximate surface area is 425 Å². The Kier molecular flexibility index (Phi) is 18.0. The number of nitrogens with zero attached hydrogens (tertiary/aromatic N) is 6. The Morgan fingerprint density at radius 2 is 1.03 bits per heavy atom. The molecule has 6 N–H and O–H groups in total. The van der Waals surface area contributed by atoms with Crippen molar-refractivity contribution in [3.8, 4) is 34.1 Å². The number of nitrogen functional groups attached to an aromatic ring is 2. The van der Waals surface area contributed by atoms with Crippen molar-refractivity contribution in [3.05, 3.63) is 91.0 Å². The van der Waals surface area contributed by atoms with Crippen LogP contribution in [-0.2, 0) is 30.4 Å². The number of azo groups is 3. The summed E-state index contributed by atoms with van der Waals surface area (Å²) in [5, 5.41) is 47.9. The second-order valence-electron chi connectivity index (χ2n) is 12.3. The van der Waals surface area contributed by atoms with Crippen LogP contribution >= 0.6 is 0 Å². The zero-order chi connectivity index (χ0) is 43.7. The molecule has 6 aromatic carbocycles. The molecule has 0 heterocycles. The second kappa shape index (κ2) is 21.3. The van der Waals surface area contributed by atoms with Gasteiger partial charge in [0.1, 0.15) is 54.2 Å². The number of fused-ring (bicyclic) bond motifs is 1. The molecule has 0 saturated carbocycles. The molecule has 27 heteroatoms. The minimum atomic E-state index is -5.26. The van der Waals surface area contributed by atoms with Gasteiger partial charge in [0.15, 0.2) is 0 Å². The van der Waals surface area contributed by atoms with Gasteiger partial charge in [-0.25, -0.2) is 8.42 Å². The fourth-order valence-corrected chi connectivity index (χ4v) is 7.38. The van der Waals surface area contributed by atoms with Gasteiger partial charge in [-0.15, -0.1) is 31.3 Å². The zero-order valence-electron chi connectivity index (χ0n) is 33.6. The summed E-state index contributed by atoms with van der Waals surface area (Å²) >= 11 is 0. The number of hydrogen-bond donors (Lipinski definition) is 4. The smallest absolute Gasteiger partial charge is 0.872 e. The molecule has 0 atom stereocenters. The van der Waals surface area contributed by atoms with Crippen molar-refractivity contribution < 1.29 is 147 Å². The van der Waals surface area contributed by atoms with Gasteiger partial charge in [-0.2, -0.15) is 21.9 Å². The Balaban J connectivity index is 0.00000352. The SMILES string of the molecule is COc1cc(-c2ccc(N=Nc3c(S(=O)(=O)O)cc4cc(S(=O)(=O)O)c(N=Nc5ccc(S(=O)(=O)[O-])cc5)c([O-])c4c3N)c(OC)c2)ccc1N=Nc1ccc([O-])cc1N.[Na+].[Na+].[Na+]. The van der Waals surface area contributed by atoms with E-state index in [2.05, 4.69) is 30.7 Å².